The topological polar surface area (TPSA) is 40.5 Å². The van der Waals surface area contributed by atoms with Crippen molar-refractivity contribution in [2.75, 3.05) is 0 Å². The predicted molar refractivity (Wildman–Crippen MR) is 82.0 cm³/mol. The first-order chi connectivity index (χ1) is 9.70. The van der Waals surface area contributed by atoms with Crippen molar-refractivity contribution in [1.82, 2.24) is 0 Å². The number of benzene rings is 3. The van der Waals surface area contributed by atoms with E-state index in [0.717, 1.165) is 22.8 Å². The maximum Gasteiger partial charge on any atom is 0.116 e. The molecule has 1 aliphatic rings. The van der Waals surface area contributed by atoms with Gasteiger partial charge in [-0.05, 0) is 69.4 Å². The molecule has 98 valence electrons. The summed E-state index contributed by atoms with van der Waals surface area (Å²) in [7, 11) is 0. The van der Waals surface area contributed by atoms with Crippen molar-refractivity contribution >= 4 is 27.6 Å². The van der Waals surface area contributed by atoms with E-state index < -0.39 is 0 Å². The minimum Gasteiger partial charge on any atom is -0.512 e. The highest BCUT2D eigenvalue weighted by molar-refractivity contribution is 6.01. The Morgan fingerprint density at radius 2 is 1.60 bits per heavy atom. The van der Waals surface area contributed by atoms with Crippen molar-refractivity contribution in [3.05, 3.63) is 59.4 Å². The molecule has 0 saturated heterocycles. The van der Waals surface area contributed by atoms with Gasteiger partial charge in [0.15, 0.2) is 0 Å². The molecule has 2 nitrogen and oxygen atoms in total. The highest BCUT2D eigenvalue weighted by Crippen LogP contribution is 2.33. The molecule has 2 N–H and O–H groups in total. The molecular formula is C18H14O2. The Balaban J connectivity index is 2.08. The fraction of sp³-hybridized carbons (Fsp3) is 0.111. The van der Waals surface area contributed by atoms with Crippen LogP contribution >= 0.6 is 0 Å². The van der Waals surface area contributed by atoms with Crippen LogP contribution in [-0.2, 0) is 6.42 Å². The Labute approximate surface area is 116 Å². The largest absolute Gasteiger partial charge is 0.512 e. The van der Waals surface area contributed by atoms with Crippen LogP contribution in [0.3, 0.4) is 0 Å². The van der Waals surface area contributed by atoms with E-state index in [-0.39, 0.29) is 0 Å². The predicted octanol–water partition coefficient (Wildman–Crippen LogP) is 4.54. The average Bonchev–Trinajstić information content (AvgIpc) is 2.44. The molecule has 3 aromatic carbocycles. The SMILES string of the molecule is OC1=Cc2ccc3cc4cc(O)ccc4cc3c2CC1. The highest BCUT2D eigenvalue weighted by atomic mass is 16.3. The first kappa shape index (κ1) is 11.4. The van der Waals surface area contributed by atoms with E-state index in [1.807, 2.05) is 12.1 Å². The van der Waals surface area contributed by atoms with Gasteiger partial charge in [-0.15, -0.1) is 0 Å². The number of aromatic hydroxyl groups is 1. The normalized spacial score (nSPS) is 14.3. The van der Waals surface area contributed by atoms with Crippen molar-refractivity contribution in [1.29, 1.82) is 0 Å². The summed E-state index contributed by atoms with van der Waals surface area (Å²) in [5.74, 6) is 0.755. The summed E-state index contributed by atoms with van der Waals surface area (Å²) < 4.78 is 0. The Bertz CT molecular complexity index is 875. The van der Waals surface area contributed by atoms with Crippen molar-refractivity contribution in [3.8, 4) is 5.75 Å². The Morgan fingerprint density at radius 1 is 0.750 bits per heavy atom. The van der Waals surface area contributed by atoms with Crippen LogP contribution in [0.2, 0.25) is 0 Å². The lowest BCUT2D eigenvalue weighted by molar-refractivity contribution is 0.392. The van der Waals surface area contributed by atoms with Crippen LogP contribution < -0.4 is 0 Å². The monoisotopic (exact) mass is 262 g/mol. The number of hydrogen-bond donors (Lipinski definition) is 2. The van der Waals surface area contributed by atoms with Crippen LogP contribution in [0.1, 0.15) is 17.5 Å². The Kier molecular flexibility index (Phi) is 2.27. The lowest BCUT2D eigenvalue weighted by atomic mass is 9.90. The van der Waals surface area contributed by atoms with Crippen LogP contribution in [-0.4, -0.2) is 10.2 Å². The van der Waals surface area contributed by atoms with Gasteiger partial charge in [0.25, 0.3) is 0 Å². The van der Waals surface area contributed by atoms with Gasteiger partial charge in [0.05, 0.1) is 5.76 Å². The lowest BCUT2D eigenvalue weighted by Crippen LogP contribution is -1.99. The molecule has 0 fully saturated rings. The van der Waals surface area contributed by atoms with Gasteiger partial charge in [0.1, 0.15) is 5.75 Å². The maximum atomic E-state index is 9.66. The fourth-order valence-corrected chi connectivity index (χ4v) is 3.06. The molecule has 3 aromatic rings. The number of aryl methyl sites for hydroxylation is 1. The summed E-state index contributed by atoms with van der Waals surface area (Å²) in [4.78, 5) is 0. The number of hydrogen-bond acceptors (Lipinski definition) is 2. The first-order valence-corrected chi connectivity index (χ1v) is 6.79. The smallest absolute Gasteiger partial charge is 0.116 e. The van der Waals surface area contributed by atoms with Crippen molar-refractivity contribution < 1.29 is 10.2 Å². The molecule has 0 atom stereocenters. The van der Waals surface area contributed by atoms with Crippen LogP contribution in [0, 0.1) is 0 Å². The molecule has 0 amide bonds. The summed E-state index contributed by atoms with van der Waals surface area (Å²) in [6.07, 6.45) is 3.44. The van der Waals surface area contributed by atoms with E-state index in [9.17, 15) is 10.2 Å². The molecule has 0 radical (unpaired) electrons. The molecular weight excluding hydrogens is 248 g/mol. The summed E-state index contributed by atoms with van der Waals surface area (Å²) in [5.41, 5.74) is 2.41. The van der Waals surface area contributed by atoms with Crippen molar-refractivity contribution in [3.63, 3.8) is 0 Å². The van der Waals surface area contributed by atoms with Gasteiger partial charge in [-0.1, -0.05) is 18.2 Å². The minimum absolute atomic E-state index is 0.294. The Hall–Kier alpha value is -2.48. The second-order valence-corrected chi connectivity index (χ2v) is 5.37. The number of aliphatic hydroxyl groups is 1. The third-order valence-corrected chi connectivity index (χ3v) is 4.06. The number of phenols is 1. The molecule has 0 aliphatic heterocycles. The van der Waals surface area contributed by atoms with Crippen molar-refractivity contribution in [2.45, 2.75) is 12.8 Å². The van der Waals surface area contributed by atoms with Gasteiger partial charge >= 0.3 is 0 Å². The van der Waals surface area contributed by atoms with E-state index in [1.165, 1.54) is 16.3 Å². The number of fused-ring (bicyclic) bond motifs is 4. The quantitative estimate of drug-likeness (QED) is 0.584. The molecule has 1 aliphatic carbocycles. The number of allylic oxidation sites excluding steroid dienone is 1. The number of phenolic OH excluding ortho intramolecular Hbond substituents is 1. The molecule has 0 heterocycles. The average molecular weight is 262 g/mol. The summed E-state index contributed by atoms with van der Waals surface area (Å²) in [5, 5.41) is 23.8. The van der Waals surface area contributed by atoms with E-state index in [2.05, 4.69) is 24.3 Å². The third kappa shape index (κ3) is 1.65. The van der Waals surface area contributed by atoms with Gasteiger partial charge < -0.3 is 10.2 Å². The van der Waals surface area contributed by atoms with Crippen LogP contribution in [0.4, 0.5) is 0 Å². The van der Waals surface area contributed by atoms with Gasteiger partial charge in [0.2, 0.25) is 0 Å². The van der Waals surface area contributed by atoms with Gasteiger partial charge in [-0.3, -0.25) is 0 Å². The van der Waals surface area contributed by atoms with E-state index >= 15 is 0 Å². The van der Waals surface area contributed by atoms with Gasteiger partial charge in [-0.25, -0.2) is 0 Å². The summed E-state index contributed by atoms with van der Waals surface area (Å²) in [6, 6.07) is 13.9. The second kappa shape index (κ2) is 4.01. The molecule has 0 bridgehead atoms. The van der Waals surface area contributed by atoms with Crippen molar-refractivity contribution in [2.24, 2.45) is 0 Å². The molecule has 0 saturated carbocycles. The molecule has 20 heavy (non-hydrogen) atoms. The van der Waals surface area contributed by atoms with E-state index in [4.69, 9.17) is 0 Å². The molecule has 4 rings (SSSR count). The lowest BCUT2D eigenvalue weighted by Gasteiger charge is -2.16. The minimum atomic E-state index is 0.294. The second-order valence-electron chi connectivity index (χ2n) is 5.37. The molecule has 0 aromatic heterocycles. The summed E-state index contributed by atoms with van der Waals surface area (Å²) in [6.45, 7) is 0. The highest BCUT2D eigenvalue weighted by Gasteiger charge is 2.13. The molecule has 0 unspecified atom stereocenters. The fourth-order valence-electron chi connectivity index (χ4n) is 3.06. The molecule has 0 spiro atoms. The number of aliphatic hydroxyl groups excluding tert-OH is 1. The zero-order chi connectivity index (χ0) is 13.7. The van der Waals surface area contributed by atoms with E-state index in [1.54, 1.807) is 12.1 Å². The van der Waals surface area contributed by atoms with Crippen LogP contribution in [0.15, 0.2) is 48.2 Å². The van der Waals surface area contributed by atoms with Gasteiger partial charge in [-0.2, -0.15) is 0 Å². The zero-order valence-corrected chi connectivity index (χ0v) is 10.9. The third-order valence-electron chi connectivity index (χ3n) is 4.06. The standard InChI is InChI=1S/C18H14O2/c19-15-4-3-11-10-18-12(7-14(11)9-15)1-2-13-8-16(20)5-6-17(13)18/h1-4,7-10,19-20H,5-6H2. The first-order valence-electron chi connectivity index (χ1n) is 6.79. The Morgan fingerprint density at radius 3 is 2.50 bits per heavy atom. The van der Waals surface area contributed by atoms with Gasteiger partial charge in [0, 0.05) is 6.42 Å². The number of rotatable bonds is 0. The van der Waals surface area contributed by atoms with Crippen LogP contribution in [0.5, 0.6) is 5.75 Å². The van der Waals surface area contributed by atoms with Crippen LogP contribution in [0.25, 0.3) is 27.6 Å². The summed E-state index contributed by atoms with van der Waals surface area (Å²) >= 11 is 0. The van der Waals surface area contributed by atoms with E-state index in [0.29, 0.717) is 17.9 Å². The maximum absolute atomic E-state index is 9.66. The molecule has 2 heteroatoms. The zero-order valence-electron chi connectivity index (χ0n) is 10.9.